The van der Waals surface area contributed by atoms with E-state index in [-0.39, 0.29) is 17.9 Å². The van der Waals surface area contributed by atoms with Crippen LogP contribution in [0.1, 0.15) is 30.7 Å². The molecule has 3 atom stereocenters. The minimum absolute atomic E-state index is 0.00861. The molecule has 1 aromatic rings. The zero-order chi connectivity index (χ0) is 12.5. The van der Waals surface area contributed by atoms with Gasteiger partial charge >= 0.3 is 5.97 Å². The van der Waals surface area contributed by atoms with Crippen molar-refractivity contribution >= 4 is 5.97 Å². The van der Waals surface area contributed by atoms with Gasteiger partial charge in [0.25, 0.3) is 0 Å². The van der Waals surface area contributed by atoms with E-state index in [1.807, 2.05) is 30.3 Å². The molecule has 1 saturated carbocycles. The van der Waals surface area contributed by atoms with E-state index >= 15 is 0 Å². The van der Waals surface area contributed by atoms with Gasteiger partial charge in [-0.3, -0.25) is 4.79 Å². The average Bonchev–Trinajstić information content (AvgIpc) is 2.72. The van der Waals surface area contributed by atoms with Crippen molar-refractivity contribution in [2.45, 2.75) is 31.3 Å². The molecule has 1 N–H and O–H groups in total. The van der Waals surface area contributed by atoms with Crippen molar-refractivity contribution < 1.29 is 14.6 Å². The van der Waals surface area contributed by atoms with E-state index in [0.717, 1.165) is 18.4 Å². The van der Waals surface area contributed by atoms with Crippen LogP contribution in [0.15, 0.2) is 30.3 Å². The first-order valence-electron chi connectivity index (χ1n) is 6.66. The number of carboxylic acid groups (broad SMARTS) is 1. The molecule has 0 radical (unpaired) electrons. The molecule has 96 valence electrons. The largest absolute Gasteiger partial charge is 0.481 e. The van der Waals surface area contributed by atoms with E-state index in [4.69, 9.17) is 4.74 Å². The third kappa shape index (κ3) is 1.93. The lowest BCUT2D eigenvalue weighted by Gasteiger charge is -2.33. The number of rotatable bonds is 3. The molecular formula is C15H18O3. The molecule has 1 heterocycles. The van der Waals surface area contributed by atoms with Crippen molar-refractivity contribution in [1.82, 2.24) is 0 Å². The molecular weight excluding hydrogens is 228 g/mol. The molecule has 1 aliphatic heterocycles. The fourth-order valence-corrected chi connectivity index (χ4v) is 3.17. The summed E-state index contributed by atoms with van der Waals surface area (Å²) < 4.78 is 5.82. The van der Waals surface area contributed by atoms with Gasteiger partial charge < -0.3 is 9.84 Å². The maximum absolute atomic E-state index is 11.6. The van der Waals surface area contributed by atoms with E-state index in [9.17, 15) is 9.90 Å². The average molecular weight is 246 g/mol. The summed E-state index contributed by atoms with van der Waals surface area (Å²) in [7, 11) is 0. The van der Waals surface area contributed by atoms with Gasteiger partial charge in [0.2, 0.25) is 0 Å². The predicted octanol–water partition coefficient (Wildman–Crippen LogP) is 2.67. The predicted molar refractivity (Wildman–Crippen MR) is 67.4 cm³/mol. The molecule has 2 fully saturated rings. The third-order valence-electron chi connectivity index (χ3n) is 4.38. The van der Waals surface area contributed by atoms with Gasteiger partial charge in [0.05, 0.1) is 18.6 Å². The zero-order valence-electron chi connectivity index (χ0n) is 10.3. The van der Waals surface area contributed by atoms with Crippen molar-refractivity contribution in [1.29, 1.82) is 0 Å². The van der Waals surface area contributed by atoms with Crippen LogP contribution in [-0.2, 0) is 9.53 Å². The van der Waals surface area contributed by atoms with Crippen molar-refractivity contribution in [2.24, 2.45) is 11.8 Å². The van der Waals surface area contributed by atoms with Gasteiger partial charge in [-0.2, -0.15) is 0 Å². The van der Waals surface area contributed by atoms with Crippen LogP contribution in [0.2, 0.25) is 0 Å². The fourth-order valence-electron chi connectivity index (χ4n) is 3.17. The Hall–Kier alpha value is -1.35. The van der Waals surface area contributed by atoms with Crippen molar-refractivity contribution in [3.8, 4) is 0 Å². The van der Waals surface area contributed by atoms with Crippen LogP contribution in [0.3, 0.4) is 0 Å². The maximum Gasteiger partial charge on any atom is 0.309 e. The Kier molecular flexibility index (Phi) is 3.08. The number of carboxylic acids is 1. The van der Waals surface area contributed by atoms with Crippen LogP contribution >= 0.6 is 0 Å². The van der Waals surface area contributed by atoms with E-state index in [2.05, 4.69) is 0 Å². The van der Waals surface area contributed by atoms with Crippen LogP contribution in [0, 0.1) is 11.8 Å². The zero-order valence-corrected chi connectivity index (χ0v) is 10.3. The normalized spacial score (nSPS) is 32.1. The van der Waals surface area contributed by atoms with Gasteiger partial charge in [-0.05, 0) is 24.3 Å². The quantitative estimate of drug-likeness (QED) is 0.892. The minimum atomic E-state index is -0.710. The van der Waals surface area contributed by atoms with Crippen LogP contribution < -0.4 is 0 Å². The monoisotopic (exact) mass is 246 g/mol. The lowest BCUT2D eigenvalue weighted by Crippen LogP contribution is -2.36. The number of hydrogen-bond acceptors (Lipinski definition) is 2. The van der Waals surface area contributed by atoms with Gasteiger partial charge in [0.15, 0.2) is 0 Å². The van der Waals surface area contributed by atoms with Gasteiger partial charge in [-0.1, -0.05) is 36.8 Å². The highest BCUT2D eigenvalue weighted by Crippen LogP contribution is 2.44. The Labute approximate surface area is 107 Å². The number of benzene rings is 1. The highest BCUT2D eigenvalue weighted by Gasteiger charge is 2.47. The standard InChI is InChI=1S/C15H18O3/c16-15(17)13-12(10-5-2-1-3-6-10)9-18-14(13)11-7-4-8-11/h1-3,5-6,11-14H,4,7-9H2,(H,16,17). The fraction of sp³-hybridized carbons (Fsp3) is 0.533. The summed E-state index contributed by atoms with van der Waals surface area (Å²) in [5.74, 6) is -0.620. The van der Waals surface area contributed by atoms with Gasteiger partial charge in [0.1, 0.15) is 0 Å². The summed E-state index contributed by atoms with van der Waals surface area (Å²) >= 11 is 0. The lowest BCUT2D eigenvalue weighted by molar-refractivity contribution is -0.145. The molecule has 0 aromatic heterocycles. The first kappa shape index (κ1) is 11.7. The minimum Gasteiger partial charge on any atom is -0.481 e. The smallest absolute Gasteiger partial charge is 0.309 e. The number of carbonyl (C=O) groups is 1. The summed E-state index contributed by atoms with van der Waals surface area (Å²) in [6.07, 6.45) is 3.38. The second-order valence-corrected chi connectivity index (χ2v) is 5.37. The van der Waals surface area contributed by atoms with Crippen molar-refractivity contribution in [3.63, 3.8) is 0 Å². The number of aliphatic carboxylic acids is 1. The molecule has 3 nitrogen and oxygen atoms in total. The summed E-state index contributed by atoms with van der Waals surface area (Å²) in [6.45, 7) is 0.544. The molecule has 3 heteroatoms. The number of hydrogen-bond donors (Lipinski definition) is 1. The second kappa shape index (κ2) is 4.73. The Balaban J connectivity index is 1.84. The molecule has 1 saturated heterocycles. The molecule has 3 unspecified atom stereocenters. The summed E-state index contributed by atoms with van der Waals surface area (Å²) in [5, 5.41) is 9.50. The SMILES string of the molecule is O=C(O)C1C(c2ccccc2)COC1C1CCC1. The molecule has 0 bridgehead atoms. The van der Waals surface area contributed by atoms with E-state index in [0.29, 0.717) is 12.5 Å². The van der Waals surface area contributed by atoms with Crippen LogP contribution in [0.25, 0.3) is 0 Å². The van der Waals surface area contributed by atoms with E-state index in [1.54, 1.807) is 0 Å². The molecule has 3 rings (SSSR count). The first-order valence-corrected chi connectivity index (χ1v) is 6.66. The van der Waals surface area contributed by atoms with Gasteiger partial charge in [-0.25, -0.2) is 0 Å². The Bertz CT molecular complexity index is 425. The maximum atomic E-state index is 11.6. The van der Waals surface area contributed by atoms with Crippen LogP contribution in [-0.4, -0.2) is 23.8 Å². The molecule has 0 amide bonds. The third-order valence-corrected chi connectivity index (χ3v) is 4.38. The highest BCUT2D eigenvalue weighted by atomic mass is 16.5. The van der Waals surface area contributed by atoms with Gasteiger partial charge in [-0.15, -0.1) is 0 Å². The Morgan fingerprint density at radius 3 is 2.50 bits per heavy atom. The number of ether oxygens (including phenoxy) is 1. The topological polar surface area (TPSA) is 46.5 Å². The summed E-state index contributed by atoms with van der Waals surface area (Å²) in [4.78, 5) is 11.6. The Morgan fingerprint density at radius 1 is 1.22 bits per heavy atom. The summed E-state index contributed by atoms with van der Waals surface area (Å²) in [5.41, 5.74) is 1.09. The molecule has 1 aromatic carbocycles. The molecule has 1 aliphatic carbocycles. The van der Waals surface area contributed by atoms with Crippen LogP contribution in [0.4, 0.5) is 0 Å². The van der Waals surface area contributed by atoms with Crippen LogP contribution in [0.5, 0.6) is 0 Å². The first-order chi connectivity index (χ1) is 8.77. The van der Waals surface area contributed by atoms with Gasteiger partial charge in [0, 0.05) is 5.92 Å². The second-order valence-electron chi connectivity index (χ2n) is 5.37. The highest BCUT2D eigenvalue weighted by molar-refractivity contribution is 5.72. The summed E-state index contributed by atoms with van der Waals surface area (Å²) in [6, 6.07) is 9.90. The van der Waals surface area contributed by atoms with Crippen molar-refractivity contribution in [3.05, 3.63) is 35.9 Å². The Morgan fingerprint density at radius 2 is 1.94 bits per heavy atom. The van der Waals surface area contributed by atoms with E-state index in [1.165, 1.54) is 6.42 Å². The van der Waals surface area contributed by atoms with Crippen molar-refractivity contribution in [2.75, 3.05) is 6.61 Å². The molecule has 2 aliphatic rings. The van der Waals surface area contributed by atoms with E-state index < -0.39 is 5.97 Å². The molecule has 0 spiro atoms. The lowest BCUT2D eigenvalue weighted by atomic mass is 9.73. The molecule has 18 heavy (non-hydrogen) atoms.